The first-order chi connectivity index (χ1) is 17.7. The normalized spacial score (nSPS) is 19.1. The molecule has 0 saturated heterocycles. The van der Waals surface area contributed by atoms with Gasteiger partial charge in [0.05, 0.1) is 11.4 Å². The van der Waals surface area contributed by atoms with Gasteiger partial charge in [-0.1, -0.05) is 12.1 Å². The highest BCUT2D eigenvalue weighted by Gasteiger charge is 2.61. The lowest BCUT2D eigenvalue weighted by Crippen LogP contribution is -2.53. The van der Waals surface area contributed by atoms with Crippen molar-refractivity contribution in [3.8, 4) is 0 Å². The maximum Gasteiger partial charge on any atom is 0.329 e. The molecule has 12 nitrogen and oxygen atoms in total. The molecule has 12 heteroatoms. The largest absolute Gasteiger partial charge is 0.481 e. The van der Waals surface area contributed by atoms with E-state index < -0.39 is 41.9 Å². The second kappa shape index (κ2) is 12.8. The Morgan fingerprint density at radius 3 is 2.11 bits per heavy atom. The van der Waals surface area contributed by atoms with E-state index in [0.717, 1.165) is 11.4 Å². The number of carbonyl (C=O) groups excluding carboxylic acids is 1. The Bertz CT molecular complexity index is 1040. The first-order valence-corrected chi connectivity index (χ1v) is 12.0. The summed E-state index contributed by atoms with van der Waals surface area (Å²) in [5.41, 5.74) is 0.324. The van der Waals surface area contributed by atoms with E-state index in [1.807, 2.05) is 36.4 Å². The Balaban J connectivity index is 1.55. The summed E-state index contributed by atoms with van der Waals surface area (Å²) in [4.78, 5) is 57.4. The molecule has 0 aromatic carbocycles. The van der Waals surface area contributed by atoms with Crippen LogP contribution >= 0.6 is 0 Å². The number of hydrogen-bond donors (Lipinski definition) is 5. The van der Waals surface area contributed by atoms with Crippen LogP contribution < -0.4 is 10.6 Å². The molecule has 1 saturated carbocycles. The molecule has 0 bridgehead atoms. The van der Waals surface area contributed by atoms with Crippen LogP contribution in [0.25, 0.3) is 0 Å². The van der Waals surface area contributed by atoms with Crippen molar-refractivity contribution in [3.05, 3.63) is 60.2 Å². The third-order valence-electron chi connectivity index (χ3n) is 6.32. The van der Waals surface area contributed by atoms with Crippen LogP contribution in [0.5, 0.6) is 0 Å². The summed E-state index contributed by atoms with van der Waals surface area (Å²) in [7, 11) is 0. The highest BCUT2D eigenvalue weighted by atomic mass is 16.4. The van der Waals surface area contributed by atoms with Gasteiger partial charge >= 0.3 is 23.9 Å². The number of carbonyl (C=O) groups is 4. The van der Waals surface area contributed by atoms with Crippen molar-refractivity contribution in [2.75, 3.05) is 6.54 Å². The zero-order valence-electron chi connectivity index (χ0n) is 20.2. The van der Waals surface area contributed by atoms with Crippen LogP contribution in [0.3, 0.4) is 0 Å². The molecular weight excluding hydrogens is 482 g/mol. The molecular formula is C25H31N5O7. The standard InChI is InChI=1S/C25H31N5O7/c31-21(32)10-9-20(22(33)34)28-24(37)29-25(23(35)36)14-17(25)6-5-13-30(15-18-7-1-3-11-26-18)16-19-8-2-4-12-27-19/h1-4,7-8,11-12,17,20H,5-6,9-10,13-16H2,(H,31,32)(H,33,34)(H,35,36)(H2,28,29,37)/t17?,20-,25?/m0/s1. The summed E-state index contributed by atoms with van der Waals surface area (Å²) in [6.45, 7) is 1.85. The molecule has 1 aliphatic carbocycles. The molecule has 1 aliphatic rings. The van der Waals surface area contributed by atoms with Gasteiger partial charge in [-0.05, 0) is 62.4 Å². The van der Waals surface area contributed by atoms with Crippen molar-refractivity contribution < 1.29 is 34.5 Å². The van der Waals surface area contributed by atoms with Crippen LogP contribution in [0.2, 0.25) is 0 Å². The summed E-state index contributed by atoms with van der Waals surface area (Å²) in [5.74, 6) is -4.10. The highest BCUT2D eigenvalue weighted by molar-refractivity contribution is 5.91. The molecule has 2 amide bonds. The molecule has 3 atom stereocenters. The Morgan fingerprint density at radius 2 is 1.62 bits per heavy atom. The number of nitrogens with zero attached hydrogens (tertiary/aromatic N) is 3. The van der Waals surface area contributed by atoms with E-state index in [9.17, 15) is 29.4 Å². The summed E-state index contributed by atoms with van der Waals surface area (Å²) < 4.78 is 0. The molecule has 2 heterocycles. The molecule has 2 unspecified atom stereocenters. The van der Waals surface area contributed by atoms with Gasteiger partial charge in [0.1, 0.15) is 11.6 Å². The van der Waals surface area contributed by atoms with Crippen LogP contribution in [-0.2, 0) is 27.5 Å². The molecule has 3 rings (SSSR count). The van der Waals surface area contributed by atoms with E-state index in [0.29, 0.717) is 32.5 Å². The smallest absolute Gasteiger partial charge is 0.329 e. The Hall–Kier alpha value is -4.06. The van der Waals surface area contributed by atoms with E-state index in [1.54, 1.807) is 12.4 Å². The average Bonchev–Trinajstić information content (AvgIpc) is 3.56. The number of urea groups is 1. The van der Waals surface area contributed by atoms with Crippen LogP contribution in [0.4, 0.5) is 4.79 Å². The lowest BCUT2D eigenvalue weighted by atomic mass is 10.1. The molecule has 198 valence electrons. The maximum absolute atomic E-state index is 12.4. The number of amides is 2. The number of pyridine rings is 2. The molecule has 2 aromatic rings. The minimum Gasteiger partial charge on any atom is -0.481 e. The lowest BCUT2D eigenvalue weighted by Gasteiger charge is -2.22. The van der Waals surface area contributed by atoms with E-state index in [-0.39, 0.29) is 18.8 Å². The summed E-state index contributed by atoms with van der Waals surface area (Å²) >= 11 is 0. The van der Waals surface area contributed by atoms with Crippen molar-refractivity contribution >= 4 is 23.9 Å². The molecule has 5 N–H and O–H groups in total. The Kier molecular flexibility index (Phi) is 9.50. The number of aromatic nitrogens is 2. The third kappa shape index (κ3) is 8.24. The monoisotopic (exact) mass is 513 g/mol. The lowest BCUT2D eigenvalue weighted by molar-refractivity contribution is -0.141. The van der Waals surface area contributed by atoms with Gasteiger partial charge in [-0.25, -0.2) is 14.4 Å². The van der Waals surface area contributed by atoms with Gasteiger partial charge in [0.2, 0.25) is 0 Å². The van der Waals surface area contributed by atoms with Gasteiger partial charge < -0.3 is 26.0 Å². The number of aliphatic carboxylic acids is 3. The van der Waals surface area contributed by atoms with Crippen molar-refractivity contribution in [3.63, 3.8) is 0 Å². The fourth-order valence-electron chi connectivity index (χ4n) is 4.29. The average molecular weight is 514 g/mol. The van der Waals surface area contributed by atoms with Gasteiger partial charge in [0.15, 0.2) is 0 Å². The van der Waals surface area contributed by atoms with Gasteiger partial charge in [0, 0.05) is 31.9 Å². The van der Waals surface area contributed by atoms with E-state index in [2.05, 4.69) is 25.5 Å². The third-order valence-corrected chi connectivity index (χ3v) is 6.32. The second-order valence-electron chi connectivity index (χ2n) is 9.09. The SMILES string of the molecule is O=C(O)CC[C@H](NC(=O)NC1(C(=O)O)CC1CCCN(Cc1ccccn1)Cc1ccccn1)C(=O)O. The van der Waals surface area contributed by atoms with Crippen molar-refractivity contribution in [1.82, 2.24) is 25.5 Å². The molecule has 2 aromatic heterocycles. The minimum atomic E-state index is -1.48. The van der Waals surface area contributed by atoms with Gasteiger partial charge in [-0.2, -0.15) is 0 Å². The highest BCUT2D eigenvalue weighted by Crippen LogP contribution is 2.47. The van der Waals surface area contributed by atoms with Gasteiger partial charge in [0.25, 0.3) is 0 Å². The fourth-order valence-corrected chi connectivity index (χ4v) is 4.29. The van der Waals surface area contributed by atoms with Crippen molar-refractivity contribution in [2.45, 2.75) is 56.8 Å². The van der Waals surface area contributed by atoms with Gasteiger partial charge in [-0.3, -0.25) is 19.7 Å². The maximum atomic E-state index is 12.4. The van der Waals surface area contributed by atoms with E-state index in [1.165, 1.54) is 0 Å². The second-order valence-corrected chi connectivity index (χ2v) is 9.09. The molecule has 37 heavy (non-hydrogen) atoms. The predicted octanol–water partition coefficient (Wildman–Crippen LogP) is 1.72. The Morgan fingerprint density at radius 1 is 1.00 bits per heavy atom. The quantitative estimate of drug-likeness (QED) is 0.235. The first-order valence-electron chi connectivity index (χ1n) is 12.0. The Labute approximate surface area is 213 Å². The molecule has 0 aliphatic heterocycles. The number of nitrogens with one attached hydrogen (secondary N) is 2. The molecule has 0 spiro atoms. The van der Waals surface area contributed by atoms with Crippen LogP contribution in [0.1, 0.15) is 43.5 Å². The minimum absolute atomic E-state index is 0.225. The van der Waals surface area contributed by atoms with Crippen LogP contribution in [-0.4, -0.2) is 72.3 Å². The summed E-state index contributed by atoms with van der Waals surface area (Å²) in [6, 6.07) is 9.01. The number of hydrogen-bond acceptors (Lipinski definition) is 7. The van der Waals surface area contributed by atoms with Gasteiger partial charge in [-0.15, -0.1) is 0 Å². The summed E-state index contributed by atoms with van der Waals surface area (Å²) in [6.07, 6.45) is 4.12. The fraction of sp³-hybridized carbons (Fsp3) is 0.440. The topological polar surface area (TPSA) is 182 Å². The number of carboxylic acid groups (broad SMARTS) is 3. The molecule has 1 fully saturated rings. The van der Waals surface area contributed by atoms with E-state index >= 15 is 0 Å². The van der Waals surface area contributed by atoms with Crippen LogP contribution in [0.15, 0.2) is 48.8 Å². The van der Waals surface area contributed by atoms with Crippen molar-refractivity contribution in [2.24, 2.45) is 5.92 Å². The van der Waals surface area contributed by atoms with E-state index in [4.69, 9.17) is 5.11 Å². The predicted molar refractivity (Wildman–Crippen MR) is 130 cm³/mol. The zero-order valence-corrected chi connectivity index (χ0v) is 20.2. The van der Waals surface area contributed by atoms with Crippen molar-refractivity contribution in [1.29, 1.82) is 0 Å². The van der Waals surface area contributed by atoms with Crippen LogP contribution in [0, 0.1) is 5.92 Å². The summed E-state index contributed by atoms with van der Waals surface area (Å²) in [5, 5.41) is 32.3. The first kappa shape index (κ1) is 27.5. The molecule has 0 radical (unpaired) electrons. The number of carboxylic acids is 3. The number of rotatable bonds is 15. The zero-order chi connectivity index (χ0) is 26.8.